The number of β-amino-alcohol motifs (C(OH)–C–C–N with tert-alkyl or cyclic N) is 1. The maximum absolute atomic E-state index is 12.5. The second kappa shape index (κ2) is 7.29. The van der Waals surface area contributed by atoms with Crippen molar-refractivity contribution in [1.82, 2.24) is 14.7 Å². The molecule has 3 rings (SSSR count). The van der Waals surface area contributed by atoms with E-state index in [-0.39, 0.29) is 18.9 Å². The number of likely N-dealkylation sites (tertiary alicyclic amines) is 1. The van der Waals surface area contributed by atoms with Gasteiger partial charge in [0, 0.05) is 37.7 Å². The van der Waals surface area contributed by atoms with Crippen molar-refractivity contribution in [1.29, 1.82) is 0 Å². The summed E-state index contributed by atoms with van der Waals surface area (Å²) in [6, 6.07) is 8.91. The van der Waals surface area contributed by atoms with Crippen LogP contribution in [0.3, 0.4) is 0 Å². The zero-order valence-electron chi connectivity index (χ0n) is 14.9. The van der Waals surface area contributed by atoms with Gasteiger partial charge in [0.1, 0.15) is 0 Å². The number of benzene rings is 1. The number of carbonyl (C=O) groups excluding carboxylic acids is 1. The van der Waals surface area contributed by atoms with Crippen LogP contribution in [0.25, 0.3) is 0 Å². The minimum absolute atomic E-state index is 0.0631. The molecule has 0 saturated carbocycles. The van der Waals surface area contributed by atoms with E-state index in [9.17, 15) is 19.8 Å². The minimum Gasteiger partial charge on any atom is -0.481 e. The summed E-state index contributed by atoms with van der Waals surface area (Å²) in [7, 11) is 1.78. The number of aryl methyl sites for hydroxylation is 1. The molecular formula is C19H23N3O4. The Morgan fingerprint density at radius 2 is 2.04 bits per heavy atom. The summed E-state index contributed by atoms with van der Waals surface area (Å²) in [5, 5.41) is 24.2. The first kappa shape index (κ1) is 18.1. The Labute approximate surface area is 151 Å². The number of rotatable bonds is 6. The quantitative estimate of drug-likeness (QED) is 0.813. The molecule has 2 heterocycles. The van der Waals surface area contributed by atoms with Crippen molar-refractivity contribution in [2.75, 3.05) is 6.54 Å². The van der Waals surface area contributed by atoms with E-state index in [0.717, 1.165) is 16.8 Å². The molecule has 1 amide bonds. The minimum atomic E-state index is -1.01. The van der Waals surface area contributed by atoms with Crippen molar-refractivity contribution in [2.45, 2.75) is 31.9 Å². The standard InChI is InChI=1S/C19H23N3O4/c1-12-16(10-20-21(12)2)18-15(19(25)26)9-17(24)22(18)11-14(23)8-13-6-4-3-5-7-13/h3-7,10,14-15,18,23H,8-9,11H2,1-2H3,(H,25,26)/t14?,15-,18-/m0/s1. The first-order valence-corrected chi connectivity index (χ1v) is 8.61. The Morgan fingerprint density at radius 1 is 1.35 bits per heavy atom. The van der Waals surface area contributed by atoms with Gasteiger partial charge in [0.25, 0.3) is 0 Å². The number of carboxylic acid groups (broad SMARTS) is 1. The average Bonchev–Trinajstić information content (AvgIpc) is 3.09. The van der Waals surface area contributed by atoms with Crippen LogP contribution in [0.5, 0.6) is 0 Å². The monoisotopic (exact) mass is 357 g/mol. The lowest BCUT2D eigenvalue weighted by Gasteiger charge is -2.29. The Kier molecular flexibility index (Phi) is 5.08. The third kappa shape index (κ3) is 3.48. The second-order valence-electron chi connectivity index (χ2n) is 6.79. The first-order valence-electron chi connectivity index (χ1n) is 8.61. The molecule has 1 unspecified atom stereocenters. The Bertz CT molecular complexity index is 802. The zero-order chi connectivity index (χ0) is 18.8. The number of hydrogen-bond donors (Lipinski definition) is 2. The Balaban J connectivity index is 1.84. The number of carbonyl (C=O) groups is 2. The average molecular weight is 357 g/mol. The number of aromatic nitrogens is 2. The van der Waals surface area contributed by atoms with Gasteiger partial charge in [-0.1, -0.05) is 30.3 Å². The van der Waals surface area contributed by atoms with Gasteiger partial charge in [-0.25, -0.2) is 0 Å². The van der Waals surface area contributed by atoms with Crippen molar-refractivity contribution in [3.8, 4) is 0 Å². The highest BCUT2D eigenvalue weighted by atomic mass is 16.4. The molecule has 138 valence electrons. The Hall–Kier alpha value is -2.67. The van der Waals surface area contributed by atoms with Gasteiger partial charge in [0.15, 0.2) is 0 Å². The van der Waals surface area contributed by atoms with Gasteiger partial charge < -0.3 is 15.1 Å². The smallest absolute Gasteiger partial charge is 0.309 e. The van der Waals surface area contributed by atoms with E-state index in [0.29, 0.717) is 6.42 Å². The van der Waals surface area contributed by atoms with Crippen molar-refractivity contribution in [2.24, 2.45) is 13.0 Å². The van der Waals surface area contributed by atoms with Gasteiger partial charge in [-0.3, -0.25) is 14.3 Å². The van der Waals surface area contributed by atoms with Gasteiger partial charge in [-0.15, -0.1) is 0 Å². The van der Waals surface area contributed by atoms with Crippen LogP contribution in [0.1, 0.15) is 29.3 Å². The van der Waals surface area contributed by atoms with Crippen molar-refractivity contribution in [3.05, 3.63) is 53.3 Å². The number of aliphatic carboxylic acids is 1. The van der Waals surface area contributed by atoms with Crippen LogP contribution >= 0.6 is 0 Å². The van der Waals surface area contributed by atoms with Crippen molar-refractivity contribution >= 4 is 11.9 Å². The second-order valence-corrected chi connectivity index (χ2v) is 6.79. The van der Waals surface area contributed by atoms with E-state index in [1.807, 2.05) is 37.3 Å². The molecule has 1 aromatic heterocycles. The van der Waals surface area contributed by atoms with E-state index in [2.05, 4.69) is 5.10 Å². The molecular weight excluding hydrogens is 334 g/mol. The molecule has 1 aromatic carbocycles. The first-order chi connectivity index (χ1) is 12.4. The molecule has 0 spiro atoms. The molecule has 1 saturated heterocycles. The molecule has 7 nitrogen and oxygen atoms in total. The van der Waals surface area contributed by atoms with Gasteiger partial charge in [0.2, 0.25) is 5.91 Å². The molecule has 0 radical (unpaired) electrons. The molecule has 0 aliphatic carbocycles. The zero-order valence-corrected chi connectivity index (χ0v) is 14.9. The number of amides is 1. The van der Waals surface area contributed by atoms with Crippen LogP contribution in [0.15, 0.2) is 36.5 Å². The normalized spacial score (nSPS) is 21.2. The molecule has 0 bridgehead atoms. The van der Waals surface area contributed by atoms with Gasteiger partial charge in [-0.05, 0) is 12.5 Å². The molecule has 26 heavy (non-hydrogen) atoms. The number of nitrogens with zero attached hydrogens (tertiary/aromatic N) is 3. The largest absolute Gasteiger partial charge is 0.481 e. The highest BCUT2D eigenvalue weighted by Crippen LogP contribution is 2.39. The van der Waals surface area contributed by atoms with Crippen LogP contribution in [-0.2, 0) is 23.1 Å². The topological polar surface area (TPSA) is 95.7 Å². The summed E-state index contributed by atoms with van der Waals surface area (Å²) in [4.78, 5) is 25.7. The van der Waals surface area contributed by atoms with Gasteiger partial charge >= 0.3 is 5.97 Å². The lowest BCUT2D eigenvalue weighted by molar-refractivity contribution is -0.142. The predicted octanol–water partition coefficient (Wildman–Crippen LogP) is 1.31. The third-order valence-corrected chi connectivity index (χ3v) is 5.06. The summed E-state index contributed by atoms with van der Waals surface area (Å²) in [6.45, 7) is 1.94. The van der Waals surface area contributed by atoms with Crippen LogP contribution in [0, 0.1) is 12.8 Å². The summed E-state index contributed by atoms with van der Waals surface area (Å²) < 4.78 is 1.66. The molecule has 3 atom stereocenters. The fraction of sp³-hybridized carbons (Fsp3) is 0.421. The number of carboxylic acids is 1. The molecule has 1 fully saturated rings. The molecule has 1 aliphatic rings. The lowest BCUT2D eigenvalue weighted by Crippen LogP contribution is -2.37. The van der Waals surface area contributed by atoms with Crippen LogP contribution in [-0.4, -0.2) is 49.4 Å². The number of aliphatic hydroxyl groups is 1. The number of aliphatic hydroxyl groups excluding tert-OH is 1. The highest BCUT2D eigenvalue weighted by molar-refractivity contribution is 5.87. The number of hydrogen-bond acceptors (Lipinski definition) is 4. The molecule has 2 aromatic rings. The van der Waals surface area contributed by atoms with Crippen LogP contribution in [0.2, 0.25) is 0 Å². The van der Waals surface area contributed by atoms with Crippen LogP contribution < -0.4 is 0 Å². The fourth-order valence-corrected chi connectivity index (χ4v) is 3.60. The SMILES string of the molecule is Cc1c([C@@H]2[C@@H](C(=O)O)CC(=O)N2CC(O)Cc2ccccc2)cnn1C. The van der Waals surface area contributed by atoms with E-state index < -0.39 is 24.0 Å². The van der Waals surface area contributed by atoms with E-state index in [1.165, 1.54) is 4.90 Å². The van der Waals surface area contributed by atoms with E-state index in [4.69, 9.17) is 0 Å². The molecule has 7 heteroatoms. The molecule has 2 N–H and O–H groups in total. The summed E-state index contributed by atoms with van der Waals surface area (Å²) in [5.41, 5.74) is 2.51. The van der Waals surface area contributed by atoms with Crippen molar-refractivity contribution in [3.63, 3.8) is 0 Å². The predicted molar refractivity (Wildman–Crippen MR) is 94.3 cm³/mol. The third-order valence-electron chi connectivity index (χ3n) is 5.06. The Morgan fingerprint density at radius 3 is 2.62 bits per heavy atom. The van der Waals surface area contributed by atoms with E-state index in [1.54, 1.807) is 17.9 Å². The fourth-order valence-electron chi connectivity index (χ4n) is 3.60. The lowest BCUT2D eigenvalue weighted by atomic mass is 9.94. The van der Waals surface area contributed by atoms with Crippen molar-refractivity contribution < 1.29 is 19.8 Å². The highest BCUT2D eigenvalue weighted by Gasteiger charge is 2.46. The van der Waals surface area contributed by atoms with Gasteiger partial charge in [-0.2, -0.15) is 5.10 Å². The molecule has 1 aliphatic heterocycles. The summed E-state index contributed by atoms with van der Waals surface area (Å²) >= 11 is 0. The van der Waals surface area contributed by atoms with Gasteiger partial charge in [0.05, 0.1) is 24.3 Å². The summed E-state index contributed by atoms with van der Waals surface area (Å²) in [6.07, 6.45) is 1.19. The maximum Gasteiger partial charge on any atom is 0.309 e. The maximum atomic E-state index is 12.5. The van der Waals surface area contributed by atoms with E-state index >= 15 is 0 Å². The van der Waals surface area contributed by atoms with Crippen LogP contribution in [0.4, 0.5) is 0 Å². The summed E-state index contributed by atoms with van der Waals surface area (Å²) in [5.74, 6) is -2.10.